The molecule has 41 heteroatoms. The van der Waals surface area contributed by atoms with Gasteiger partial charge in [0.15, 0.2) is 87.3 Å². The highest BCUT2D eigenvalue weighted by molar-refractivity contribution is 8.03. The maximum absolute atomic E-state index is 17.5. The molecule has 13 rings (SSSR count). The number of rotatable bonds is 16. The highest BCUT2D eigenvalue weighted by atomic mass is 32.2. The Morgan fingerprint density at radius 2 is 0.642 bits per heavy atom. The third-order valence-corrected chi connectivity index (χ3v) is 18.8. The molecule has 7 aromatic rings. The zero-order valence-corrected chi connectivity index (χ0v) is 54.6. The van der Waals surface area contributed by atoms with Gasteiger partial charge in [-0.25, -0.2) is 53.9 Å². The van der Waals surface area contributed by atoms with E-state index in [1.54, 1.807) is 0 Å². The molecule has 578 valence electrons. The molecule has 0 saturated carbocycles. The van der Waals surface area contributed by atoms with Crippen LogP contribution in [0.4, 0.5) is 70.2 Å². The average molecular weight is 1580 g/mol. The first kappa shape index (κ1) is 77.3. The van der Waals surface area contributed by atoms with Crippen LogP contribution in [0.5, 0.6) is 17.2 Å². The van der Waals surface area contributed by atoms with E-state index >= 15 is 70.2 Å². The van der Waals surface area contributed by atoms with Gasteiger partial charge in [-0.3, -0.25) is 0 Å². The molecule has 9 heterocycles. The normalized spacial score (nSPS) is 24.7. The van der Waals surface area contributed by atoms with Crippen LogP contribution in [0.25, 0.3) is 90.9 Å². The van der Waals surface area contributed by atoms with E-state index < -0.39 is 334 Å². The lowest BCUT2D eigenvalue weighted by molar-refractivity contribution is -0.278. The molecule has 14 atom stereocenters. The fourth-order valence-corrected chi connectivity index (χ4v) is 13.2. The van der Waals surface area contributed by atoms with Crippen molar-refractivity contribution in [2.45, 2.75) is 90.5 Å². The number of halogens is 16. The lowest BCUT2D eigenvalue weighted by Gasteiger charge is -2.39. The first-order valence-electron chi connectivity index (χ1n) is 31.4. The van der Waals surface area contributed by atoms with Crippen LogP contribution in [0.15, 0.2) is 64.4 Å². The van der Waals surface area contributed by atoms with Crippen LogP contribution in [-0.2, 0) is 18.9 Å². The Bertz CT molecular complexity index is 5040. The number of ether oxygens (including phenoxy) is 7. The smallest absolute Gasteiger partial charge is 0.283 e. The summed E-state index contributed by atoms with van der Waals surface area (Å²) >= 11 is -0.272. The third-order valence-electron chi connectivity index (χ3n) is 17.8. The molecular formula is C68H48F16N4O20S. The molecule has 8 bridgehead atoms. The number of aliphatic hydroxyl groups is 13. The second kappa shape index (κ2) is 29.9. The standard InChI is InChI=1S/C68H48F16N4O20S/c69-42-38(43(70)51(78)64(50(42)77)106-31-9-24(93)58(96)27(12-89)102-31)34-16-1-2-18(85-16)35(39-44(71)52(79)65(53(80)45(39)72)107-32-10-25(94)59(97)28(13-90)103-32)19-5-7-22(87-19)37(41-48(75)56(83)67(57(84)49(41)76)109-33-11-26(95)60(98)29(14-91)104-33)23-8-6-21(88-23)36(20-4-3-17(34)86-20)40-46(73)54(81)66(55(82)47(40)74)108-68-63(101)62(100)61(99)30(15-92)105-68/h1-11,24-30,58-63,68,86-87,89-101H,12-15H2. The predicted molar refractivity (Wildman–Crippen MR) is 338 cm³/mol. The lowest BCUT2D eigenvalue weighted by atomic mass is 9.99. The Labute approximate surface area is 600 Å². The summed E-state index contributed by atoms with van der Waals surface area (Å²) in [6.45, 7) is -4.50. The largest absolute Gasteiger partial charge is 0.479 e. The maximum Gasteiger partial charge on any atom is 0.283 e. The van der Waals surface area contributed by atoms with E-state index in [-0.39, 0.29) is 11.8 Å². The quantitative estimate of drug-likeness (QED) is 0.0365. The fraction of sp³-hybridized carbons (Fsp3) is 0.265. The fourth-order valence-electron chi connectivity index (χ4n) is 12.3. The van der Waals surface area contributed by atoms with Crippen molar-refractivity contribution in [3.8, 4) is 61.8 Å². The summed E-state index contributed by atoms with van der Waals surface area (Å²) in [7, 11) is 0. The molecule has 0 aliphatic carbocycles. The number of H-pyrrole nitrogens is 2. The van der Waals surface area contributed by atoms with Gasteiger partial charge < -0.3 is 110 Å². The minimum atomic E-state index is -2.59. The number of hydrogen-bond donors (Lipinski definition) is 15. The van der Waals surface area contributed by atoms with Gasteiger partial charge in [-0.15, -0.1) is 0 Å². The summed E-state index contributed by atoms with van der Waals surface area (Å²) in [4.78, 5) is 11.4. The molecule has 0 amide bonds. The minimum absolute atomic E-state index is 0.272. The molecule has 109 heavy (non-hydrogen) atoms. The Hall–Kier alpha value is -9.83. The van der Waals surface area contributed by atoms with Gasteiger partial charge in [-0.2, -0.15) is 26.3 Å². The molecule has 4 aromatic carbocycles. The SMILES string of the molecule is OCC1OC(Oc2c(F)c(F)c(-c3c4nc(c(-c5c(F)c(F)c(OC6=CC(O)C(O)C(CO)O6)c(F)c5F)c5ccc([nH]5)c(-c5c(F)c(F)c(SC6=CC(O)C(O)C(CO)O6)c(F)c5F)c5nc(c(-c6c(F)c(F)c(OC7OC(CO)C(O)C(O)C7O)c(F)c6F)c6ccc3[nH]6)C=C5)C=C4)c(F)c2F)=CC(O)C1O. The predicted octanol–water partition coefficient (Wildman–Crippen LogP) is 6.44. The summed E-state index contributed by atoms with van der Waals surface area (Å²) < 4.78 is 310. The molecule has 0 radical (unpaired) electrons. The summed E-state index contributed by atoms with van der Waals surface area (Å²) in [5.74, 6) is -48.7. The van der Waals surface area contributed by atoms with E-state index in [0.29, 0.717) is 66.8 Å². The van der Waals surface area contributed by atoms with Crippen LogP contribution < -0.4 is 14.2 Å². The van der Waals surface area contributed by atoms with Crippen molar-refractivity contribution in [1.82, 2.24) is 19.9 Å². The summed E-state index contributed by atoms with van der Waals surface area (Å²) in [6, 6.07) is 2.46. The second-order valence-electron chi connectivity index (χ2n) is 24.4. The van der Waals surface area contributed by atoms with Gasteiger partial charge in [0.25, 0.3) is 11.9 Å². The van der Waals surface area contributed by atoms with Crippen molar-refractivity contribution < 1.29 is 170 Å². The zero-order chi connectivity index (χ0) is 78.7. The van der Waals surface area contributed by atoms with Crippen molar-refractivity contribution in [2.75, 3.05) is 26.4 Å². The van der Waals surface area contributed by atoms with Gasteiger partial charge in [-0.1, -0.05) is 0 Å². The van der Waals surface area contributed by atoms with Gasteiger partial charge in [0.05, 0.1) is 76.4 Å². The zero-order valence-electron chi connectivity index (χ0n) is 53.8. The van der Waals surface area contributed by atoms with E-state index in [2.05, 4.69) is 19.9 Å². The van der Waals surface area contributed by atoms with Crippen molar-refractivity contribution in [3.63, 3.8) is 0 Å². The van der Waals surface area contributed by atoms with Gasteiger partial charge >= 0.3 is 0 Å². The van der Waals surface area contributed by atoms with E-state index in [1.807, 2.05) is 0 Å². The number of aliphatic hydroxyl groups excluding tert-OH is 13. The van der Waals surface area contributed by atoms with Crippen molar-refractivity contribution in [3.05, 3.63) is 175 Å². The molecule has 6 aliphatic heterocycles. The Kier molecular flexibility index (Phi) is 21.2. The molecule has 15 N–H and O–H groups in total. The summed E-state index contributed by atoms with van der Waals surface area (Å²) in [5, 5.41) is 131. The van der Waals surface area contributed by atoms with E-state index in [4.69, 9.17) is 33.2 Å². The molecule has 1 saturated heterocycles. The minimum Gasteiger partial charge on any atom is -0.479 e. The topological polar surface area (TPSA) is 385 Å². The number of thioether (sulfide) groups is 1. The highest BCUT2D eigenvalue weighted by Gasteiger charge is 2.47. The van der Waals surface area contributed by atoms with E-state index in [0.717, 1.165) is 0 Å². The van der Waals surface area contributed by atoms with Crippen LogP contribution >= 0.6 is 11.8 Å². The van der Waals surface area contributed by atoms with Crippen molar-refractivity contribution in [1.29, 1.82) is 0 Å². The number of hydrogen-bond acceptors (Lipinski definition) is 23. The Morgan fingerprint density at radius 3 is 0.972 bits per heavy atom. The van der Waals surface area contributed by atoms with Crippen LogP contribution in [-0.4, -0.2) is 198 Å². The number of aromatic amines is 2. The van der Waals surface area contributed by atoms with Gasteiger partial charge in [0.2, 0.25) is 52.7 Å². The first-order valence-corrected chi connectivity index (χ1v) is 32.3. The van der Waals surface area contributed by atoms with Gasteiger partial charge in [0.1, 0.15) is 61.0 Å². The maximum atomic E-state index is 17.5. The summed E-state index contributed by atoms with van der Waals surface area (Å²) in [5.41, 5.74) is -21.7. The van der Waals surface area contributed by atoms with Crippen molar-refractivity contribution in [2.24, 2.45) is 0 Å². The van der Waals surface area contributed by atoms with Gasteiger partial charge in [-0.05, 0) is 66.4 Å². The number of benzene rings is 4. The second-order valence-corrected chi connectivity index (χ2v) is 25.4. The molecule has 24 nitrogen and oxygen atoms in total. The monoisotopic (exact) mass is 1580 g/mol. The number of nitrogens with zero attached hydrogens (tertiary/aromatic N) is 2. The molecule has 6 aliphatic rings. The molecule has 14 unspecified atom stereocenters. The molecule has 0 spiro atoms. The highest BCUT2D eigenvalue weighted by Crippen LogP contribution is 2.49. The van der Waals surface area contributed by atoms with Gasteiger partial charge in [0, 0.05) is 56.5 Å². The molecular weight excluding hydrogens is 1530 g/mol. The number of fused-ring (bicyclic) bond motifs is 8. The van der Waals surface area contributed by atoms with Crippen LogP contribution in [0, 0.1) is 93.1 Å². The van der Waals surface area contributed by atoms with E-state index in [9.17, 15) is 66.4 Å². The Morgan fingerprint density at radius 1 is 0.339 bits per heavy atom. The summed E-state index contributed by atoms with van der Waals surface area (Å²) in [6.07, 6.45) is -24.8. The molecule has 1 fully saturated rings. The van der Waals surface area contributed by atoms with Crippen LogP contribution in [0.2, 0.25) is 0 Å². The van der Waals surface area contributed by atoms with Crippen LogP contribution in [0.1, 0.15) is 22.8 Å². The van der Waals surface area contributed by atoms with Crippen molar-refractivity contribution >= 4 is 58.1 Å². The third kappa shape index (κ3) is 13.2. The average Bonchev–Trinajstić information content (AvgIpc) is 1.65. The van der Waals surface area contributed by atoms with Crippen LogP contribution in [0.3, 0.4) is 0 Å². The molecule has 3 aromatic heterocycles. The lowest BCUT2D eigenvalue weighted by Crippen LogP contribution is -2.60. The Balaban J connectivity index is 1.14. The first-order chi connectivity index (χ1) is 51.7. The number of aromatic nitrogens is 4. The number of nitrogens with one attached hydrogen (secondary N) is 2. The van der Waals surface area contributed by atoms with E-state index in [1.165, 1.54) is 0 Å².